The lowest BCUT2D eigenvalue weighted by Crippen LogP contribution is -2.45. The fourth-order valence-electron chi connectivity index (χ4n) is 1.92. The highest BCUT2D eigenvalue weighted by Gasteiger charge is 2.20. The van der Waals surface area contributed by atoms with Gasteiger partial charge in [0.1, 0.15) is 0 Å². The van der Waals surface area contributed by atoms with E-state index < -0.39 is 0 Å². The van der Waals surface area contributed by atoms with Crippen molar-refractivity contribution in [2.45, 2.75) is 38.8 Å². The topological polar surface area (TPSA) is 44.4 Å². The molecule has 0 bridgehead atoms. The van der Waals surface area contributed by atoms with Crippen molar-refractivity contribution < 1.29 is 4.79 Å². The molecule has 4 heteroatoms. The summed E-state index contributed by atoms with van der Waals surface area (Å²) in [6, 6.07) is 0.988. The first kappa shape index (κ1) is 12.5. The van der Waals surface area contributed by atoms with Crippen LogP contribution in [0.3, 0.4) is 0 Å². The summed E-state index contributed by atoms with van der Waals surface area (Å²) in [5.74, 6) is 0.0988. The Kier molecular flexibility index (Phi) is 5.05. The van der Waals surface area contributed by atoms with Crippen LogP contribution in [0.15, 0.2) is 0 Å². The van der Waals surface area contributed by atoms with Crippen molar-refractivity contribution in [2.75, 3.05) is 26.7 Å². The van der Waals surface area contributed by atoms with Crippen LogP contribution in [0.4, 0.5) is 0 Å². The Balaban J connectivity index is 2.38. The van der Waals surface area contributed by atoms with Crippen LogP contribution >= 0.6 is 0 Å². The van der Waals surface area contributed by atoms with E-state index in [1.165, 1.54) is 12.8 Å². The zero-order chi connectivity index (χ0) is 11.3. The lowest BCUT2D eigenvalue weighted by molar-refractivity contribution is -0.122. The summed E-state index contributed by atoms with van der Waals surface area (Å²) in [5.41, 5.74) is 0. The molecule has 1 saturated heterocycles. The van der Waals surface area contributed by atoms with E-state index >= 15 is 0 Å². The molecule has 0 spiro atoms. The second-order valence-electron chi connectivity index (χ2n) is 4.49. The van der Waals surface area contributed by atoms with E-state index in [1.54, 1.807) is 7.05 Å². The third-order valence-corrected chi connectivity index (χ3v) is 2.97. The van der Waals surface area contributed by atoms with Gasteiger partial charge in [0.2, 0.25) is 5.91 Å². The second kappa shape index (κ2) is 6.08. The number of nitrogens with one attached hydrogen (secondary N) is 2. The van der Waals surface area contributed by atoms with Gasteiger partial charge < -0.3 is 10.6 Å². The van der Waals surface area contributed by atoms with Gasteiger partial charge >= 0.3 is 0 Å². The van der Waals surface area contributed by atoms with E-state index in [0.717, 1.165) is 13.1 Å². The molecular weight excluding hydrogens is 190 g/mol. The molecule has 88 valence electrons. The number of hydrogen-bond donors (Lipinski definition) is 2. The van der Waals surface area contributed by atoms with Gasteiger partial charge in [0.15, 0.2) is 0 Å². The van der Waals surface area contributed by atoms with Gasteiger partial charge in [0.25, 0.3) is 0 Å². The fraction of sp³-hybridized carbons (Fsp3) is 0.909. The number of hydrogen-bond acceptors (Lipinski definition) is 3. The summed E-state index contributed by atoms with van der Waals surface area (Å²) in [7, 11) is 1.69. The van der Waals surface area contributed by atoms with Gasteiger partial charge in [-0.3, -0.25) is 9.69 Å². The molecule has 4 nitrogen and oxygen atoms in total. The van der Waals surface area contributed by atoms with Crippen LogP contribution < -0.4 is 10.6 Å². The first-order valence-electron chi connectivity index (χ1n) is 5.81. The Morgan fingerprint density at radius 2 is 2.33 bits per heavy atom. The van der Waals surface area contributed by atoms with Crippen LogP contribution in [0.25, 0.3) is 0 Å². The molecule has 0 radical (unpaired) electrons. The molecule has 1 heterocycles. The van der Waals surface area contributed by atoms with Crippen LogP contribution in [0.2, 0.25) is 0 Å². The predicted octanol–water partition coefficient (Wildman–Crippen LogP) is 0.195. The SMILES string of the molecule is CNC(=O)CN(CC1CCCN1)C(C)C. The molecule has 1 amide bonds. The van der Waals surface area contributed by atoms with Crippen LogP contribution in [0.5, 0.6) is 0 Å². The van der Waals surface area contributed by atoms with Crippen LogP contribution in [0, 0.1) is 0 Å². The summed E-state index contributed by atoms with van der Waals surface area (Å²) >= 11 is 0. The van der Waals surface area contributed by atoms with Crippen molar-refractivity contribution in [2.24, 2.45) is 0 Å². The van der Waals surface area contributed by atoms with Crippen molar-refractivity contribution >= 4 is 5.91 Å². The molecule has 0 aliphatic carbocycles. The van der Waals surface area contributed by atoms with Gasteiger partial charge in [-0.2, -0.15) is 0 Å². The molecular formula is C11H23N3O. The Hall–Kier alpha value is -0.610. The molecule has 0 aromatic carbocycles. The highest BCUT2D eigenvalue weighted by Crippen LogP contribution is 2.08. The Morgan fingerprint density at radius 1 is 1.60 bits per heavy atom. The van der Waals surface area contributed by atoms with Crippen molar-refractivity contribution in [1.82, 2.24) is 15.5 Å². The third-order valence-electron chi connectivity index (χ3n) is 2.97. The lowest BCUT2D eigenvalue weighted by Gasteiger charge is -2.28. The summed E-state index contributed by atoms with van der Waals surface area (Å²) in [6.45, 7) is 6.88. The molecule has 15 heavy (non-hydrogen) atoms. The van der Waals surface area contributed by atoms with E-state index in [9.17, 15) is 4.79 Å². The summed E-state index contributed by atoms with van der Waals surface area (Å²) in [4.78, 5) is 13.6. The van der Waals surface area contributed by atoms with E-state index in [0.29, 0.717) is 18.6 Å². The molecule has 1 aliphatic heterocycles. The zero-order valence-corrected chi connectivity index (χ0v) is 10.0. The highest BCUT2D eigenvalue weighted by atomic mass is 16.1. The second-order valence-corrected chi connectivity index (χ2v) is 4.49. The normalized spacial score (nSPS) is 21.3. The molecule has 0 aromatic heterocycles. The van der Waals surface area contributed by atoms with Gasteiger partial charge in [0, 0.05) is 25.7 Å². The minimum absolute atomic E-state index is 0.0988. The van der Waals surface area contributed by atoms with Crippen LogP contribution in [0.1, 0.15) is 26.7 Å². The average Bonchev–Trinajstić information content (AvgIpc) is 2.69. The van der Waals surface area contributed by atoms with Gasteiger partial charge in [0.05, 0.1) is 6.54 Å². The Labute approximate surface area is 92.4 Å². The predicted molar refractivity (Wildman–Crippen MR) is 61.8 cm³/mol. The Morgan fingerprint density at radius 3 is 2.80 bits per heavy atom. The molecule has 0 saturated carbocycles. The van der Waals surface area contributed by atoms with Gasteiger partial charge in [-0.1, -0.05) is 0 Å². The summed E-state index contributed by atoms with van der Waals surface area (Å²) < 4.78 is 0. The average molecular weight is 213 g/mol. The van der Waals surface area contributed by atoms with Crippen LogP contribution in [-0.2, 0) is 4.79 Å². The number of likely N-dealkylation sites (N-methyl/N-ethyl adjacent to an activating group) is 1. The standard InChI is InChI=1S/C11H23N3O/c1-9(2)14(8-11(15)12-3)7-10-5-4-6-13-10/h9-10,13H,4-8H2,1-3H3,(H,12,15). The largest absolute Gasteiger partial charge is 0.358 e. The van der Waals surface area contributed by atoms with E-state index in [1.807, 2.05) is 0 Å². The van der Waals surface area contributed by atoms with E-state index in [4.69, 9.17) is 0 Å². The van der Waals surface area contributed by atoms with Crippen molar-refractivity contribution in [1.29, 1.82) is 0 Å². The van der Waals surface area contributed by atoms with Crippen molar-refractivity contribution in [3.05, 3.63) is 0 Å². The Bertz CT molecular complexity index is 200. The first-order valence-corrected chi connectivity index (χ1v) is 5.81. The molecule has 1 fully saturated rings. The van der Waals surface area contributed by atoms with Gasteiger partial charge in [-0.25, -0.2) is 0 Å². The molecule has 1 unspecified atom stereocenters. The number of carbonyl (C=O) groups is 1. The summed E-state index contributed by atoms with van der Waals surface area (Å²) in [5, 5.41) is 6.13. The highest BCUT2D eigenvalue weighted by molar-refractivity contribution is 5.77. The molecule has 1 rings (SSSR count). The number of carbonyl (C=O) groups excluding carboxylic acids is 1. The van der Waals surface area contributed by atoms with E-state index in [2.05, 4.69) is 29.4 Å². The zero-order valence-electron chi connectivity index (χ0n) is 10.0. The third kappa shape index (κ3) is 4.18. The minimum atomic E-state index is 0.0988. The smallest absolute Gasteiger partial charge is 0.233 e. The van der Waals surface area contributed by atoms with Gasteiger partial charge in [-0.15, -0.1) is 0 Å². The van der Waals surface area contributed by atoms with Crippen molar-refractivity contribution in [3.8, 4) is 0 Å². The lowest BCUT2D eigenvalue weighted by atomic mass is 10.2. The number of rotatable bonds is 5. The van der Waals surface area contributed by atoms with Gasteiger partial charge in [-0.05, 0) is 33.2 Å². The molecule has 1 atom stereocenters. The number of amides is 1. The molecule has 0 aromatic rings. The molecule has 2 N–H and O–H groups in total. The molecule has 1 aliphatic rings. The van der Waals surface area contributed by atoms with Crippen molar-refractivity contribution in [3.63, 3.8) is 0 Å². The fourth-order valence-corrected chi connectivity index (χ4v) is 1.92. The van der Waals surface area contributed by atoms with Crippen LogP contribution in [-0.4, -0.2) is 49.6 Å². The maximum atomic E-state index is 11.3. The number of nitrogens with zero attached hydrogens (tertiary/aromatic N) is 1. The quantitative estimate of drug-likeness (QED) is 0.685. The maximum absolute atomic E-state index is 11.3. The minimum Gasteiger partial charge on any atom is -0.358 e. The monoisotopic (exact) mass is 213 g/mol. The summed E-state index contributed by atoms with van der Waals surface area (Å²) in [6.07, 6.45) is 2.49. The first-order chi connectivity index (χ1) is 7.13. The maximum Gasteiger partial charge on any atom is 0.233 e. The van der Waals surface area contributed by atoms with E-state index in [-0.39, 0.29) is 5.91 Å².